The first-order valence-electron chi connectivity index (χ1n) is 8.76. The summed E-state index contributed by atoms with van der Waals surface area (Å²) in [5, 5.41) is 14.4. The Balaban J connectivity index is 1.26. The monoisotopic (exact) mass is 462 g/mol. The molecule has 0 aliphatic carbocycles. The second kappa shape index (κ2) is 9.33. The normalized spacial score (nSPS) is 11.9. The number of carbonyl (C=O) groups excluding carboxylic acids is 2. The Morgan fingerprint density at radius 1 is 1.13 bits per heavy atom. The minimum atomic E-state index is -0.335. The first-order chi connectivity index (χ1) is 14.6. The van der Waals surface area contributed by atoms with Gasteiger partial charge in [0.1, 0.15) is 0 Å². The van der Waals surface area contributed by atoms with Gasteiger partial charge in [-0.15, -0.1) is 10.2 Å². The van der Waals surface area contributed by atoms with Gasteiger partial charge < -0.3 is 14.8 Å². The third kappa shape index (κ3) is 5.02. The summed E-state index contributed by atoms with van der Waals surface area (Å²) < 4.78 is 11.1. The molecule has 1 aliphatic heterocycles. The molecule has 1 aliphatic rings. The summed E-state index contributed by atoms with van der Waals surface area (Å²) in [6.45, 7) is 0.495. The van der Waals surface area contributed by atoms with Crippen LogP contribution in [0.5, 0.6) is 11.5 Å². The molecule has 30 heavy (non-hydrogen) atoms. The van der Waals surface area contributed by atoms with E-state index in [1.165, 1.54) is 23.1 Å². The van der Waals surface area contributed by atoms with Gasteiger partial charge in [-0.2, -0.15) is 0 Å². The standard InChI is InChI=1S/C19H15ClN4O4S2/c20-13-4-2-1-3-12(13)8-21-16(25)9-29-19-24-23-18(30-19)22-17(26)11-5-6-14-15(7-11)28-10-27-14/h1-7H,8-10H2,(H,21,25)(H,22,23,26). The van der Waals surface area contributed by atoms with Crippen LogP contribution in [0.1, 0.15) is 15.9 Å². The number of ether oxygens (including phenoxy) is 2. The number of anilines is 1. The van der Waals surface area contributed by atoms with Gasteiger partial charge in [-0.3, -0.25) is 14.9 Å². The molecule has 8 nitrogen and oxygen atoms in total. The molecule has 2 N–H and O–H groups in total. The van der Waals surface area contributed by atoms with Crippen LogP contribution in [0.15, 0.2) is 46.8 Å². The van der Waals surface area contributed by atoms with Gasteiger partial charge in [0, 0.05) is 17.1 Å². The molecule has 0 saturated carbocycles. The van der Waals surface area contributed by atoms with E-state index in [0.29, 0.717) is 38.1 Å². The van der Waals surface area contributed by atoms with Crippen LogP contribution in [-0.4, -0.2) is 34.6 Å². The van der Waals surface area contributed by atoms with Crippen LogP contribution < -0.4 is 20.1 Å². The zero-order valence-corrected chi connectivity index (χ0v) is 17.8. The van der Waals surface area contributed by atoms with Crippen LogP contribution >= 0.6 is 34.7 Å². The summed E-state index contributed by atoms with van der Waals surface area (Å²) in [6, 6.07) is 12.3. The van der Waals surface area contributed by atoms with Crippen LogP contribution in [0, 0.1) is 0 Å². The van der Waals surface area contributed by atoms with Crippen molar-refractivity contribution >= 4 is 51.6 Å². The molecule has 0 atom stereocenters. The highest BCUT2D eigenvalue weighted by atomic mass is 35.5. The van der Waals surface area contributed by atoms with Crippen LogP contribution in [0.4, 0.5) is 5.13 Å². The molecule has 154 valence electrons. The Hall–Kier alpha value is -2.82. The van der Waals surface area contributed by atoms with Gasteiger partial charge >= 0.3 is 0 Å². The number of benzene rings is 2. The molecule has 0 unspecified atom stereocenters. The van der Waals surface area contributed by atoms with E-state index in [2.05, 4.69) is 20.8 Å². The number of halogens is 1. The smallest absolute Gasteiger partial charge is 0.257 e. The summed E-state index contributed by atoms with van der Waals surface area (Å²) in [6.07, 6.45) is 0. The summed E-state index contributed by atoms with van der Waals surface area (Å²) in [5.41, 5.74) is 1.27. The fourth-order valence-corrected chi connectivity index (χ4v) is 4.32. The Morgan fingerprint density at radius 3 is 2.83 bits per heavy atom. The number of hydrogen-bond acceptors (Lipinski definition) is 8. The zero-order valence-electron chi connectivity index (χ0n) is 15.4. The predicted molar refractivity (Wildman–Crippen MR) is 114 cm³/mol. The maximum Gasteiger partial charge on any atom is 0.257 e. The van der Waals surface area contributed by atoms with Crippen molar-refractivity contribution in [2.24, 2.45) is 0 Å². The molecule has 2 amide bonds. The molecule has 0 bridgehead atoms. The van der Waals surface area contributed by atoms with Crippen molar-refractivity contribution < 1.29 is 19.1 Å². The lowest BCUT2D eigenvalue weighted by molar-refractivity contribution is -0.118. The molecular formula is C19H15ClN4O4S2. The van der Waals surface area contributed by atoms with E-state index < -0.39 is 0 Å². The minimum absolute atomic E-state index is 0.142. The van der Waals surface area contributed by atoms with Crippen molar-refractivity contribution in [1.29, 1.82) is 0 Å². The summed E-state index contributed by atoms with van der Waals surface area (Å²) in [7, 11) is 0. The largest absolute Gasteiger partial charge is 0.454 e. The molecule has 2 aromatic carbocycles. The van der Waals surface area contributed by atoms with E-state index in [9.17, 15) is 9.59 Å². The zero-order chi connectivity index (χ0) is 20.9. The maximum absolute atomic E-state index is 12.4. The van der Waals surface area contributed by atoms with Gasteiger partial charge in [-0.25, -0.2) is 0 Å². The van der Waals surface area contributed by atoms with Gasteiger partial charge in [0.25, 0.3) is 5.91 Å². The number of amides is 2. The van der Waals surface area contributed by atoms with E-state index in [-0.39, 0.29) is 24.4 Å². The molecule has 0 radical (unpaired) electrons. The summed E-state index contributed by atoms with van der Waals surface area (Å²) in [4.78, 5) is 24.4. The number of thioether (sulfide) groups is 1. The van der Waals surface area contributed by atoms with Crippen molar-refractivity contribution in [3.63, 3.8) is 0 Å². The summed E-state index contributed by atoms with van der Waals surface area (Å²) >= 11 is 8.51. The molecule has 0 saturated heterocycles. The van der Waals surface area contributed by atoms with Crippen molar-refractivity contribution in [3.05, 3.63) is 58.6 Å². The third-order valence-corrected chi connectivity index (χ3v) is 6.36. The van der Waals surface area contributed by atoms with E-state index in [1.54, 1.807) is 24.3 Å². The first-order valence-corrected chi connectivity index (χ1v) is 10.9. The molecule has 1 aromatic heterocycles. The first kappa shape index (κ1) is 20.5. The minimum Gasteiger partial charge on any atom is -0.454 e. The predicted octanol–water partition coefficient (Wildman–Crippen LogP) is 3.58. The third-order valence-electron chi connectivity index (χ3n) is 4.02. The van der Waals surface area contributed by atoms with Crippen molar-refractivity contribution in [1.82, 2.24) is 15.5 Å². The summed E-state index contributed by atoms with van der Waals surface area (Å²) in [5.74, 6) is 0.822. The van der Waals surface area contributed by atoms with E-state index in [4.69, 9.17) is 21.1 Å². The fraction of sp³-hybridized carbons (Fsp3) is 0.158. The Labute approximate surface area is 184 Å². The number of nitrogens with zero attached hydrogens (tertiary/aromatic N) is 2. The molecular weight excluding hydrogens is 448 g/mol. The number of nitrogens with one attached hydrogen (secondary N) is 2. The van der Waals surface area contributed by atoms with Crippen molar-refractivity contribution in [2.45, 2.75) is 10.9 Å². The Morgan fingerprint density at radius 2 is 1.97 bits per heavy atom. The van der Waals surface area contributed by atoms with E-state index >= 15 is 0 Å². The van der Waals surface area contributed by atoms with E-state index in [0.717, 1.165) is 5.56 Å². The Kier molecular flexibility index (Phi) is 6.36. The van der Waals surface area contributed by atoms with E-state index in [1.807, 2.05) is 18.2 Å². The van der Waals surface area contributed by atoms with Crippen LogP contribution in [0.3, 0.4) is 0 Å². The van der Waals surface area contributed by atoms with Gasteiger partial charge in [0.05, 0.1) is 5.75 Å². The fourth-order valence-electron chi connectivity index (χ4n) is 2.54. The molecule has 2 heterocycles. The lowest BCUT2D eigenvalue weighted by Gasteiger charge is -2.05. The maximum atomic E-state index is 12.4. The van der Waals surface area contributed by atoms with Gasteiger partial charge in [0.15, 0.2) is 15.8 Å². The number of rotatable bonds is 7. The van der Waals surface area contributed by atoms with Crippen molar-refractivity contribution in [3.8, 4) is 11.5 Å². The number of carbonyl (C=O) groups is 2. The quantitative estimate of drug-likeness (QED) is 0.408. The lowest BCUT2D eigenvalue weighted by Crippen LogP contribution is -2.24. The highest BCUT2D eigenvalue weighted by Crippen LogP contribution is 2.33. The topological polar surface area (TPSA) is 102 Å². The van der Waals surface area contributed by atoms with Gasteiger partial charge in [-0.1, -0.05) is 52.9 Å². The SMILES string of the molecule is O=C(CSc1nnc(NC(=O)c2ccc3c(c2)OCO3)s1)NCc1ccccc1Cl. The lowest BCUT2D eigenvalue weighted by atomic mass is 10.2. The van der Waals surface area contributed by atoms with Crippen LogP contribution in [-0.2, 0) is 11.3 Å². The van der Waals surface area contributed by atoms with Gasteiger partial charge in [0.2, 0.25) is 17.8 Å². The number of aromatic nitrogens is 2. The Bertz CT molecular complexity index is 1090. The molecule has 0 spiro atoms. The second-order valence-corrected chi connectivity index (χ2v) is 8.66. The number of hydrogen-bond donors (Lipinski definition) is 2. The molecule has 3 aromatic rings. The number of fused-ring (bicyclic) bond motifs is 1. The van der Waals surface area contributed by atoms with Crippen LogP contribution in [0.25, 0.3) is 0 Å². The second-order valence-electron chi connectivity index (χ2n) is 6.05. The molecule has 11 heteroatoms. The molecule has 0 fully saturated rings. The highest BCUT2D eigenvalue weighted by molar-refractivity contribution is 8.01. The molecule has 4 rings (SSSR count). The average Bonchev–Trinajstić information content (AvgIpc) is 3.40. The average molecular weight is 463 g/mol. The van der Waals surface area contributed by atoms with Gasteiger partial charge in [-0.05, 0) is 29.8 Å². The highest BCUT2D eigenvalue weighted by Gasteiger charge is 2.17. The van der Waals surface area contributed by atoms with Crippen molar-refractivity contribution in [2.75, 3.05) is 17.9 Å². The van der Waals surface area contributed by atoms with Crippen LogP contribution in [0.2, 0.25) is 5.02 Å².